The molecule has 124 valence electrons. The Morgan fingerprint density at radius 1 is 0.958 bits per heavy atom. The molecule has 3 aliphatic rings. The van der Waals surface area contributed by atoms with Crippen molar-refractivity contribution in [1.82, 2.24) is 0 Å². The second-order valence-corrected chi connectivity index (χ2v) is 6.15. The Bertz CT molecular complexity index is 704. The maximum Gasteiger partial charge on any atom is 0.345 e. The third kappa shape index (κ3) is 2.59. The molecule has 4 nitrogen and oxygen atoms in total. The average molecular weight is 342 g/mol. The number of ether oxygens (including phenoxy) is 2. The molecule has 0 saturated heterocycles. The Balaban J connectivity index is 2.28. The van der Waals surface area contributed by atoms with Crippen LogP contribution >= 0.6 is 12.2 Å². The van der Waals surface area contributed by atoms with Crippen LogP contribution in [0.4, 0.5) is 0 Å². The summed E-state index contributed by atoms with van der Waals surface area (Å²) in [7, 11) is 2.53. The smallest absolute Gasteiger partial charge is 0.345 e. The van der Waals surface area contributed by atoms with Crippen LogP contribution in [0.25, 0.3) is 0 Å². The van der Waals surface area contributed by atoms with Crippen molar-refractivity contribution >= 4 is 29.0 Å². The van der Waals surface area contributed by atoms with Crippen LogP contribution in [0, 0.1) is 11.8 Å². The summed E-state index contributed by atoms with van der Waals surface area (Å²) in [4.78, 5) is 25.5. The fourth-order valence-electron chi connectivity index (χ4n) is 3.49. The molecule has 0 bridgehead atoms. The van der Waals surface area contributed by atoms with E-state index in [1.54, 1.807) is 0 Å². The van der Waals surface area contributed by atoms with E-state index in [1.165, 1.54) is 14.2 Å². The third-order valence-electron chi connectivity index (χ3n) is 4.54. The van der Waals surface area contributed by atoms with Crippen molar-refractivity contribution in [2.45, 2.75) is 12.8 Å². The largest absolute Gasteiger partial charge is 0.465 e. The number of allylic oxidation sites excluding steroid dienone is 9. The Hall–Kier alpha value is -2.27. The van der Waals surface area contributed by atoms with Gasteiger partial charge in [0, 0.05) is 16.7 Å². The number of methoxy groups -OCH3 is 2. The van der Waals surface area contributed by atoms with Crippen molar-refractivity contribution < 1.29 is 19.1 Å². The van der Waals surface area contributed by atoms with Gasteiger partial charge in [-0.3, -0.25) is 0 Å². The van der Waals surface area contributed by atoms with Crippen LogP contribution in [-0.4, -0.2) is 31.0 Å². The number of hydrogen-bond acceptors (Lipinski definition) is 5. The second kappa shape index (κ2) is 6.69. The molecule has 3 aliphatic carbocycles. The second-order valence-electron chi connectivity index (χ2n) is 5.74. The fraction of sp³-hybridized carbons (Fsp3) is 0.316. The number of rotatable bonds is 2. The van der Waals surface area contributed by atoms with E-state index in [2.05, 4.69) is 12.2 Å². The third-order valence-corrected chi connectivity index (χ3v) is 5.01. The number of esters is 2. The number of fused-ring (bicyclic) bond motifs is 2. The molecular weight excluding hydrogens is 324 g/mol. The van der Waals surface area contributed by atoms with Gasteiger partial charge in [-0.05, 0) is 29.6 Å². The zero-order valence-corrected chi connectivity index (χ0v) is 14.4. The number of carbonyl (C=O) groups is 2. The highest BCUT2D eigenvalue weighted by atomic mass is 32.1. The van der Waals surface area contributed by atoms with Crippen molar-refractivity contribution in [1.29, 1.82) is 0 Å². The van der Waals surface area contributed by atoms with E-state index in [0.29, 0.717) is 5.57 Å². The first-order valence-corrected chi connectivity index (χ1v) is 8.19. The lowest BCUT2D eigenvalue weighted by molar-refractivity contribution is -0.144. The topological polar surface area (TPSA) is 52.6 Å². The van der Waals surface area contributed by atoms with Gasteiger partial charge in [0.2, 0.25) is 0 Å². The molecule has 0 radical (unpaired) electrons. The molecular formula is C19H18O4S. The van der Waals surface area contributed by atoms with Gasteiger partial charge in [-0.1, -0.05) is 48.7 Å². The molecule has 2 atom stereocenters. The van der Waals surface area contributed by atoms with Crippen LogP contribution in [0.15, 0.2) is 58.7 Å². The van der Waals surface area contributed by atoms with Crippen LogP contribution in [0.5, 0.6) is 0 Å². The molecule has 24 heavy (non-hydrogen) atoms. The molecule has 0 amide bonds. The van der Waals surface area contributed by atoms with Gasteiger partial charge in [0.1, 0.15) is 5.57 Å². The maximum atomic E-state index is 12.3. The Kier molecular flexibility index (Phi) is 4.62. The fourth-order valence-corrected chi connectivity index (χ4v) is 3.91. The molecule has 1 fully saturated rings. The summed E-state index contributed by atoms with van der Waals surface area (Å²) in [5, 5.41) is 0. The molecule has 0 aromatic rings. The quantitative estimate of drug-likeness (QED) is 0.193. The Morgan fingerprint density at radius 3 is 1.83 bits per heavy atom. The van der Waals surface area contributed by atoms with E-state index in [1.807, 2.05) is 24.3 Å². The van der Waals surface area contributed by atoms with E-state index < -0.39 is 11.9 Å². The van der Waals surface area contributed by atoms with Crippen LogP contribution in [-0.2, 0) is 19.1 Å². The van der Waals surface area contributed by atoms with Crippen LogP contribution in [0.2, 0.25) is 0 Å². The van der Waals surface area contributed by atoms with Gasteiger partial charge >= 0.3 is 11.9 Å². The average Bonchev–Trinajstić information content (AvgIpc) is 2.64. The normalized spacial score (nSPS) is 24.4. The van der Waals surface area contributed by atoms with Crippen molar-refractivity contribution in [2.75, 3.05) is 14.2 Å². The van der Waals surface area contributed by atoms with Crippen molar-refractivity contribution in [3.63, 3.8) is 0 Å². The molecule has 0 aromatic heterocycles. The lowest BCUT2D eigenvalue weighted by Gasteiger charge is -2.38. The van der Waals surface area contributed by atoms with E-state index >= 15 is 0 Å². The van der Waals surface area contributed by atoms with Crippen LogP contribution < -0.4 is 0 Å². The van der Waals surface area contributed by atoms with Crippen LogP contribution in [0.1, 0.15) is 12.8 Å². The summed E-state index contributed by atoms with van der Waals surface area (Å²) in [5.74, 6) is -1.77. The van der Waals surface area contributed by atoms with Gasteiger partial charge in [0.25, 0.3) is 0 Å². The summed E-state index contributed by atoms with van der Waals surface area (Å²) in [6.07, 6.45) is 13.7. The number of thiocarbonyl (C=S) groups is 1. The van der Waals surface area contributed by atoms with Crippen molar-refractivity contribution in [3.05, 3.63) is 58.7 Å². The summed E-state index contributed by atoms with van der Waals surface area (Å²) in [5.41, 5.74) is 2.61. The van der Waals surface area contributed by atoms with Gasteiger partial charge in [-0.25, -0.2) is 9.59 Å². The predicted octanol–water partition coefficient (Wildman–Crippen LogP) is 3.02. The summed E-state index contributed by atoms with van der Waals surface area (Å²) >= 11 is 5.67. The van der Waals surface area contributed by atoms with Crippen molar-refractivity contribution in [3.8, 4) is 0 Å². The predicted molar refractivity (Wildman–Crippen MR) is 94.3 cm³/mol. The van der Waals surface area contributed by atoms with Gasteiger partial charge in [0.05, 0.1) is 14.2 Å². The van der Waals surface area contributed by atoms with E-state index in [-0.39, 0.29) is 17.4 Å². The summed E-state index contributed by atoms with van der Waals surface area (Å²) in [6, 6.07) is 0. The standard InChI is InChI=1S/C19H18O4S/c1-22-18(20)16(19(21)23-2)15-11-7-3-5-9-13(11)17(24)14-10-6-4-8-12(14)15/h3-4,7-12H,5-6H2,1-2H3. The summed E-state index contributed by atoms with van der Waals surface area (Å²) < 4.78 is 9.71. The molecule has 0 heterocycles. The van der Waals surface area contributed by atoms with Gasteiger partial charge in [-0.15, -0.1) is 0 Å². The first-order valence-electron chi connectivity index (χ1n) is 7.79. The zero-order valence-electron chi connectivity index (χ0n) is 13.6. The molecule has 0 aliphatic heterocycles. The van der Waals surface area contributed by atoms with E-state index in [9.17, 15) is 9.59 Å². The van der Waals surface area contributed by atoms with E-state index in [4.69, 9.17) is 21.7 Å². The van der Waals surface area contributed by atoms with Crippen LogP contribution in [0.3, 0.4) is 0 Å². The SMILES string of the molecule is COC(=O)C(C(=O)OC)=C1C2C=CCC=C2C(=S)C2=CCC=CC21. The molecule has 0 aromatic carbocycles. The first kappa shape index (κ1) is 16.6. The maximum absolute atomic E-state index is 12.3. The monoisotopic (exact) mass is 342 g/mol. The van der Waals surface area contributed by atoms with Gasteiger partial charge < -0.3 is 9.47 Å². The molecule has 5 heteroatoms. The van der Waals surface area contributed by atoms with E-state index in [0.717, 1.165) is 28.9 Å². The highest BCUT2D eigenvalue weighted by molar-refractivity contribution is 7.81. The van der Waals surface area contributed by atoms with Crippen molar-refractivity contribution in [2.24, 2.45) is 11.8 Å². The molecule has 1 saturated carbocycles. The van der Waals surface area contributed by atoms with Gasteiger partial charge in [0.15, 0.2) is 0 Å². The highest BCUT2D eigenvalue weighted by Crippen LogP contribution is 2.46. The zero-order chi connectivity index (χ0) is 17.3. The minimum atomic E-state index is -0.679. The summed E-state index contributed by atoms with van der Waals surface area (Å²) in [6.45, 7) is 0. The lowest BCUT2D eigenvalue weighted by Crippen LogP contribution is -2.34. The molecule has 3 rings (SSSR count). The minimum Gasteiger partial charge on any atom is -0.465 e. The highest BCUT2D eigenvalue weighted by Gasteiger charge is 2.41. The Labute approximate surface area is 146 Å². The molecule has 0 spiro atoms. The number of hydrogen-bond donors (Lipinski definition) is 0. The Morgan fingerprint density at radius 2 is 1.42 bits per heavy atom. The number of carbonyl (C=O) groups excluding carboxylic acids is 2. The lowest BCUT2D eigenvalue weighted by atomic mass is 9.66. The van der Waals surface area contributed by atoms with Gasteiger partial charge in [-0.2, -0.15) is 0 Å². The molecule has 2 unspecified atom stereocenters. The first-order chi connectivity index (χ1) is 11.6. The minimum absolute atomic E-state index is 0.0348. The molecule has 0 N–H and O–H groups in total.